The number of nitrogens with zero attached hydrogens (tertiary/aromatic N) is 2. The van der Waals surface area contributed by atoms with E-state index in [0.717, 1.165) is 34.8 Å². The van der Waals surface area contributed by atoms with Crippen LogP contribution in [0.1, 0.15) is 41.0 Å². The van der Waals surface area contributed by atoms with Gasteiger partial charge in [-0.15, -0.1) is 0 Å². The molecule has 0 aromatic carbocycles. The highest BCUT2D eigenvalue weighted by Gasteiger charge is 2.10. The van der Waals surface area contributed by atoms with Gasteiger partial charge in [0.25, 0.3) is 0 Å². The second kappa shape index (κ2) is 9.03. The third-order valence-electron chi connectivity index (χ3n) is 2.79. The fraction of sp³-hybridized carbons (Fsp3) is 0.333. The van der Waals surface area contributed by atoms with Crippen LogP contribution in [0.3, 0.4) is 0 Å². The molecule has 0 rings (SSSR count). The Balaban J connectivity index is 6.42. The molecule has 0 atom stereocenters. The standard InChI is InChI=1S/C18H26N2/c1-9-14(7)17(20-15(8)10-2)18(19-13(5)6)16(11-3)12-4/h10-12H,2-4,9H2,1,5-8H3. The maximum absolute atomic E-state index is 4.65. The number of rotatable bonds is 7. The smallest absolute Gasteiger partial charge is 0.0956 e. The fourth-order valence-electron chi connectivity index (χ4n) is 1.49. The van der Waals surface area contributed by atoms with Crippen LogP contribution >= 0.6 is 0 Å². The minimum absolute atomic E-state index is 0.815. The molecule has 0 aliphatic carbocycles. The zero-order valence-corrected chi connectivity index (χ0v) is 13.5. The number of hydrogen-bond donors (Lipinski definition) is 0. The van der Waals surface area contributed by atoms with Gasteiger partial charge in [0, 0.05) is 17.0 Å². The van der Waals surface area contributed by atoms with E-state index in [1.165, 1.54) is 5.57 Å². The lowest BCUT2D eigenvalue weighted by atomic mass is 10.1. The van der Waals surface area contributed by atoms with Gasteiger partial charge in [0.15, 0.2) is 0 Å². The van der Waals surface area contributed by atoms with Crippen molar-refractivity contribution in [1.29, 1.82) is 0 Å². The van der Waals surface area contributed by atoms with Gasteiger partial charge >= 0.3 is 0 Å². The summed E-state index contributed by atoms with van der Waals surface area (Å²) < 4.78 is 0. The molecule has 0 saturated heterocycles. The van der Waals surface area contributed by atoms with Crippen LogP contribution in [-0.4, -0.2) is 11.4 Å². The van der Waals surface area contributed by atoms with E-state index in [1.54, 1.807) is 18.2 Å². The lowest BCUT2D eigenvalue weighted by Gasteiger charge is -2.11. The molecule has 0 spiro atoms. The summed E-state index contributed by atoms with van der Waals surface area (Å²) >= 11 is 0. The summed E-state index contributed by atoms with van der Waals surface area (Å²) in [7, 11) is 0. The van der Waals surface area contributed by atoms with E-state index in [1.807, 2.05) is 20.8 Å². The van der Waals surface area contributed by atoms with E-state index >= 15 is 0 Å². The van der Waals surface area contributed by atoms with E-state index in [4.69, 9.17) is 0 Å². The third kappa shape index (κ3) is 5.35. The van der Waals surface area contributed by atoms with Crippen LogP contribution in [-0.2, 0) is 0 Å². The van der Waals surface area contributed by atoms with E-state index in [9.17, 15) is 0 Å². The van der Waals surface area contributed by atoms with Crippen LogP contribution in [0, 0.1) is 0 Å². The molecule has 0 heterocycles. The van der Waals surface area contributed by atoms with Crippen molar-refractivity contribution in [3.63, 3.8) is 0 Å². The molecule has 2 heteroatoms. The minimum Gasteiger partial charge on any atom is -0.256 e. The molecular formula is C18H26N2. The van der Waals surface area contributed by atoms with Crippen molar-refractivity contribution < 1.29 is 0 Å². The van der Waals surface area contributed by atoms with Gasteiger partial charge < -0.3 is 0 Å². The predicted molar refractivity (Wildman–Crippen MR) is 92.5 cm³/mol. The first-order chi connectivity index (χ1) is 9.40. The zero-order chi connectivity index (χ0) is 15.7. The molecule has 20 heavy (non-hydrogen) atoms. The van der Waals surface area contributed by atoms with Crippen LogP contribution in [0.5, 0.6) is 0 Å². The monoisotopic (exact) mass is 270 g/mol. The molecular weight excluding hydrogens is 244 g/mol. The summed E-state index contributed by atoms with van der Waals surface area (Å²) in [6.45, 7) is 21.5. The minimum atomic E-state index is 0.815. The summed E-state index contributed by atoms with van der Waals surface area (Å²) in [5.41, 5.74) is 5.58. The lowest BCUT2D eigenvalue weighted by Crippen LogP contribution is -1.98. The number of allylic oxidation sites excluding steroid dienone is 5. The summed E-state index contributed by atoms with van der Waals surface area (Å²) in [6.07, 6.45) is 6.17. The van der Waals surface area contributed by atoms with Crippen LogP contribution in [0.15, 0.2) is 70.5 Å². The maximum atomic E-state index is 4.65. The molecule has 2 nitrogen and oxygen atoms in total. The Morgan fingerprint density at radius 2 is 1.40 bits per heavy atom. The normalized spacial score (nSPS) is 12.2. The van der Waals surface area contributed by atoms with Crippen LogP contribution in [0.25, 0.3) is 0 Å². The molecule has 0 aromatic rings. The summed E-state index contributed by atoms with van der Waals surface area (Å²) in [5, 5.41) is 0. The second-order valence-corrected chi connectivity index (χ2v) is 4.71. The SMILES string of the molecule is C=CC(C)=NC(=C(C)CC)C(N=C(C)C)=C(C=C)C=C. The Hall–Kier alpha value is -1.96. The number of aliphatic imine (C=N–C) groups is 2. The number of hydrogen-bond acceptors (Lipinski definition) is 2. The van der Waals surface area contributed by atoms with Gasteiger partial charge in [-0.3, -0.25) is 9.98 Å². The summed E-state index contributed by atoms with van der Waals surface area (Å²) in [6, 6.07) is 0. The zero-order valence-electron chi connectivity index (χ0n) is 13.5. The maximum Gasteiger partial charge on any atom is 0.0956 e. The average molecular weight is 270 g/mol. The first-order valence-electron chi connectivity index (χ1n) is 6.80. The topological polar surface area (TPSA) is 24.7 Å². The van der Waals surface area contributed by atoms with Crippen molar-refractivity contribution in [1.82, 2.24) is 0 Å². The van der Waals surface area contributed by atoms with Crippen molar-refractivity contribution in [2.75, 3.05) is 0 Å². The Kier molecular flexibility index (Phi) is 8.14. The van der Waals surface area contributed by atoms with Crippen molar-refractivity contribution in [3.8, 4) is 0 Å². The van der Waals surface area contributed by atoms with Crippen molar-refractivity contribution >= 4 is 11.4 Å². The summed E-state index contributed by atoms with van der Waals surface area (Å²) in [4.78, 5) is 9.28. The Morgan fingerprint density at radius 1 is 0.850 bits per heavy atom. The molecule has 0 aliphatic rings. The van der Waals surface area contributed by atoms with Crippen molar-refractivity contribution in [3.05, 3.63) is 60.5 Å². The Labute approximate surface area is 123 Å². The largest absolute Gasteiger partial charge is 0.256 e. The average Bonchev–Trinajstić information content (AvgIpc) is 2.43. The molecule has 0 bridgehead atoms. The van der Waals surface area contributed by atoms with Crippen LogP contribution in [0.4, 0.5) is 0 Å². The molecule has 0 aliphatic heterocycles. The first kappa shape index (κ1) is 18.0. The highest BCUT2D eigenvalue weighted by atomic mass is 14.9. The highest BCUT2D eigenvalue weighted by molar-refractivity contribution is 5.93. The predicted octanol–water partition coefficient (Wildman–Crippen LogP) is 5.42. The lowest BCUT2D eigenvalue weighted by molar-refractivity contribution is 1.03. The molecule has 0 unspecified atom stereocenters. The molecule has 0 amide bonds. The molecule has 0 fully saturated rings. The summed E-state index contributed by atoms with van der Waals surface area (Å²) in [5.74, 6) is 0. The highest BCUT2D eigenvalue weighted by Crippen LogP contribution is 2.25. The van der Waals surface area contributed by atoms with Crippen LogP contribution in [0.2, 0.25) is 0 Å². The Bertz CT molecular complexity index is 498. The van der Waals surface area contributed by atoms with Gasteiger partial charge in [-0.05, 0) is 45.8 Å². The van der Waals surface area contributed by atoms with Gasteiger partial charge in [-0.1, -0.05) is 38.8 Å². The van der Waals surface area contributed by atoms with Gasteiger partial charge in [-0.25, -0.2) is 0 Å². The second-order valence-electron chi connectivity index (χ2n) is 4.71. The molecule has 0 aromatic heterocycles. The third-order valence-corrected chi connectivity index (χ3v) is 2.79. The fourth-order valence-corrected chi connectivity index (χ4v) is 1.49. The van der Waals surface area contributed by atoms with Gasteiger partial charge in [0.2, 0.25) is 0 Å². The quantitative estimate of drug-likeness (QED) is 0.435. The van der Waals surface area contributed by atoms with E-state index < -0.39 is 0 Å². The van der Waals surface area contributed by atoms with Crippen molar-refractivity contribution in [2.45, 2.75) is 41.0 Å². The molecule has 0 radical (unpaired) electrons. The van der Waals surface area contributed by atoms with Gasteiger partial charge in [-0.2, -0.15) is 0 Å². The van der Waals surface area contributed by atoms with E-state index in [-0.39, 0.29) is 0 Å². The van der Waals surface area contributed by atoms with Crippen molar-refractivity contribution in [2.24, 2.45) is 9.98 Å². The van der Waals surface area contributed by atoms with Gasteiger partial charge in [0.1, 0.15) is 0 Å². The van der Waals surface area contributed by atoms with Crippen LogP contribution < -0.4 is 0 Å². The molecule has 0 N–H and O–H groups in total. The van der Waals surface area contributed by atoms with E-state index in [0.29, 0.717) is 0 Å². The molecule has 108 valence electrons. The first-order valence-corrected chi connectivity index (χ1v) is 6.80. The van der Waals surface area contributed by atoms with E-state index in [2.05, 4.69) is 43.6 Å². The van der Waals surface area contributed by atoms with Gasteiger partial charge in [0.05, 0.1) is 11.4 Å². The Morgan fingerprint density at radius 3 is 1.75 bits per heavy atom. The molecule has 0 saturated carbocycles.